The number of hydrogen-bond acceptors (Lipinski definition) is 2. The Morgan fingerprint density at radius 3 is 1.13 bits per heavy atom. The van der Waals surface area contributed by atoms with Gasteiger partial charge in [-0.1, -0.05) is 27.7 Å². The molecule has 0 aliphatic rings. The molecule has 0 unspecified atom stereocenters. The maximum absolute atomic E-state index is 9.53. The van der Waals surface area contributed by atoms with Crippen molar-refractivity contribution in [2.24, 2.45) is 0 Å². The van der Waals surface area contributed by atoms with Crippen LogP contribution in [0.5, 0.6) is 0 Å². The van der Waals surface area contributed by atoms with Gasteiger partial charge in [0.1, 0.15) is 0 Å². The molecule has 0 heterocycles. The summed E-state index contributed by atoms with van der Waals surface area (Å²) in [5.74, 6) is 0. The van der Waals surface area contributed by atoms with Crippen molar-refractivity contribution in [1.82, 2.24) is 0 Å². The van der Waals surface area contributed by atoms with Gasteiger partial charge in [0.25, 0.3) is 0 Å². The quantitative estimate of drug-likeness (QED) is 0.512. The van der Waals surface area contributed by atoms with E-state index in [-0.39, 0.29) is 29.1 Å². The van der Waals surface area contributed by atoms with E-state index < -0.39 is 12.2 Å². The van der Waals surface area contributed by atoms with Crippen molar-refractivity contribution in [2.75, 3.05) is 0 Å². The van der Waals surface area contributed by atoms with Crippen LogP contribution in [0.25, 0.3) is 0 Å². The Balaban J connectivity index is -0.0000000575. The van der Waals surface area contributed by atoms with E-state index in [0.29, 0.717) is 0 Å². The zero-order valence-corrected chi connectivity index (χ0v) is 11.9. The summed E-state index contributed by atoms with van der Waals surface area (Å²) < 4.78 is 0. The fourth-order valence-corrected chi connectivity index (χ4v) is 0.321. The predicted octanol–water partition coefficient (Wildman–Crippen LogP) is 1.36. The van der Waals surface area contributed by atoms with E-state index in [9.17, 15) is 10.2 Å². The average molecular weight is 246 g/mol. The fraction of sp³-hybridized carbons (Fsp3) is 0.500. The average Bonchev–Trinajstić information content (AvgIpc) is 2.35. The molecule has 0 radical (unpaired) electrons. The minimum Gasteiger partial charge on any atom is -0.852 e. The summed E-state index contributed by atoms with van der Waals surface area (Å²) in [6.07, 6.45) is -0.833. The van der Waals surface area contributed by atoms with Gasteiger partial charge in [-0.05, 0) is 0 Å². The largest absolute Gasteiger partial charge is 4.00 e. The molecular formula is C12H22O2Ti. The molecule has 2 nitrogen and oxygen atoms in total. The first-order chi connectivity index (χ1) is 5.96. The van der Waals surface area contributed by atoms with Gasteiger partial charge >= 0.3 is 21.7 Å². The van der Waals surface area contributed by atoms with Crippen molar-refractivity contribution in [2.45, 2.75) is 39.9 Å². The summed E-state index contributed by atoms with van der Waals surface area (Å²) in [5, 5.41) is 19.1. The third-order valence-electron chi connectivity index (χ3n) is 0.556. The molecule has 15 heavy (non-hydrogen) atoms. The van der Waals surface area contributed by atoms with E-state index in [1.165, 1.54) is 0 Å². The Bertz CT molecular complexity index is 120. The second kappa shape index (κ2) is 19.5. The van der Waals surface area contributed by atoms with Crippen LogP contribution in [0.15, 0.2) is 30.3 Å². The van der Waals surface area contributed by atoms with Crippen LogP contribution >= 0.6 is 0 Å². The van der Waals surface area contributed by atoms with Crippen LogP contribution in [0.2, 0.25) is 0 Å². The van der Waals surface area contributed by atoms with Crippen LogP contribution in [0.4, 0.5) is 0 Å². The summed E-state index contributed by atoms with van der Waals surface area (Å²) in [7, 11) is 0. The molecule has 0 atom stereocenters. The zero-order valence-electron chi connectivity index (χ0n) is 10.4. The van der Waals surface area contributed by atoms with Crippen LogP contribution in [0.3, 0.4) is 0 Å². The Morgan fingerprint density at radius 2 is 1.07 bits per heavy atom. The second-order valence-corrected chi connectivity index (χ2v) is 3.06. The standard InChI is InChI=1S/C5H5.2C3H7O.CH3.Ti/c1-2-4-5-3-1;2*1-3(2)4;;/h1-5H;2*3H,1-2H3;1H3;/q4*-1;+4. The van der Waals surface area contributed by atoms with Gasteiger partial charge in [0.15, 0.2) is 0 Å². The van der Waals surface area contributed by atoms with E-state index in [1.54, 1.807) is 27.7 Å². The van der Waals surface area contributed by atoms with Crippen LogP contribution in [-0.2, 0) is 21.7 Å². The van der Waals surface area contributed by atoms with Gasteiger partial charge in [0.2, 0.25) is 0 Å². The molecule has 86 valence electrons. The van der Waals surface area contributed by atoms with E-state index >= 15 is 0 Å². The van der Waals surface area contributed by atoms with Gasteiger partial charge in [0.05, 0.1) is 0 Å². The van der Waals surface area contributed by atoms with Crippen LogP contribution < -0.4 is 10.2 Å². The first-order valence-corrected chi connectivity index (χ1v) is 4.45. The first kappa shape index (κ1) is 24.3. The van der Waals surface area contributed by atoms with Crippen molar-refractivity contribution in [1.29, 1.82) is 0 Å². The molecule has 1 aromatic rings. The van der Waals surface area contributed by atoms with E-state index in [4.69, 9.17) is 0 Å². The van der Waals surface area contributed by atoms with Crippen molar-refractivity contribution >= 4 is 0 Å². The molecule has 3 heteroatoms. The maximum atomic E-state index is 9.53. The molecule has 0 spiro atoms. The van der Waals surface area contributed by atoms with Gasteiger partial charge in [-0.15, -0.1) is 12.2 Å². The second-order valence-electron chi connectivity index (χ2n) is 3.06. The third kappa shape index (κ3) is 80.8. The number of hydrogen-bond donors (Lipinski definition) is 0. The summed E-state index contributed by atoms with van der Waals surface area (Å²) in [4.78, 5) is 0. The predicted molar refractivity (Wildman–Crippen MR) is 58.7 cm³/mol. The van der Waals surface area contributed by atoms with Gasteiger partial charge in [-0.2, -0.15) is 18.2 Å². The maximum Gasteiger partial charge on any atom is 4.00 e. The molecule has 1 aromatic carbocycles. The molecule has 0 aromatic heterocycles. The van der Waals surface area contributed by atoms with Gasteiger partial charge in [-0.3, -0.25) is 0 Å². The Hall–Kier alpha value is -0.0157. The summed E-state index contributed by atoms with van der Waals surface area (Å²) in [5.41, 5.74) is 0. The minimum atomic E-state index is -0.417. The molecule has 0 saturated heterocycles. The molecule has 0 N–H and O–H groups in total. The first-order valence-electron chi connectivity index (χ1n) is 4.45. The molecule has 0 aliphatic carbocycles. The smallest absolute Gasteiger partial charge is 0.852 e. The Labute approximate surface area is 110 Å². The molecule has 0 bridgehead atoms. The molecule has 0 saturated carbocycles. The zero-order chi connectivity index (χ0) is 10.7. The van der Waals surface area contributed by atoms with E-state index in [1.807, 2.05) is 30.3 Å². The molecule has 0 aliphatic heterocycles. The minimum absolute atomic E-state index is 0. The number of rotatable bonds is 0. The fourth-order valence-electron chi connectivity index (χ4n) is 0.321. The topological polar surface area (TPSA) is 46.1 Å². The molecule has 0 fully saturated rings. The monoisotopic (exact) mass is 246 g/mol. The third-order valence-corrected chi connectivity index (χ3v) is 0.556. The van der Waals surface area contributed by atoms with Gasteiger partial charge < -0.3 is 17.6 Å². The van der Waals surface area contributed by atoms with E-state index in [2.05, 4.69) is 0 Å². The molecular weight excluding hydrogens is 224 g/mol. The summed E-state index contributed by atoms with van der Waals surface area (Å²) in [6, 6.07) is 10.0. The van der Waals surface area contributed by atoms with Crippen LogP contribution in [0, 0.1) is 7.43 Å². The van der Waals surface area contributed by atoms with Crippen molar-refractivity contribution < 1.29 is 31.9 Å². The Kier molecular flexibility index (Phi) is 31.6. The molecule has 1 rings (SSSR count). The normalized spacial score (nSPS) is 7.47. The van der Waals surface area contributed by atoms with Crippen molar-refractivity contribution in [3.63, 3.8) is 0 Å². The Morgan fingerprint density at radius 1 is 0.867 bits per heavy atom. The summed E-state index contributed by atoms with van der Waals surface area (Å²) in [6.45, 7) is 6.44. The van der Waals surface area contributed by atoms with Gasteiger partial charge in [0, 0.05) is 0 Å². The molecule has 0 amide bonds. The van der Waals surface area contributed by atoms with Crippen LogP contribution in [0.1, 0.15) is 27.7 Å². The van der Waals surface area contributed by atoms with Crippen molar-refractivity contribution in [3.05, 3.63) is 37.8 Å². The summed E-state index contributed by atoms with van der Waals surface area (Å²) >= 11 is 0. The van der Waals surface area contributed by atoms with Crippen LogP contribution in [-0.4, -0.2) is 12.2 Å². The van der Waals surface area contributed by atoms with Crippen molar-refractivity contribution in [3.8, 4) is 0 Å². The van der Waals surface area contributed by atoms with E-state index in [0.717, 1.165) is 0 Å². The SMILES string of the molecule is CC(C)[O-].CC(C)[O-].[CH3-].[Ti+4].c1cc[cH-]c1. The van der Waals surface area contributed by atoms with Gasteiger partial charge in [-0.25, -0.2) is 12.1 Å².